The van der Waals surface area contributed by atoms with Crippen molar-refractivity contribution in [2.75, 3.05) is 6.54 Å². The molecule has 19 heavy (non-hydrogen) atoms. The predicted molar refractivity (Wildman–Crippen MR) is 75.6 cm³/mol. The first-order chi connectivity index (χ1) is 9.15. The van der Waals surface area contributed by atoms with Crippen molar-refractivity contribution in [3.05, 3.63) is 51.2 Å². The number of rotatable bonds is 1. The molecule has 0 atom stereocenters. The second-order valence-electron chi connectivity index (χ2n) is 4.85. The van der Waals surface area contributed by atoms with Crippen molar-refractivity contribution in [3.63, 3.8) is 0 Å². The lowest BCUT2D eigenvalue weighted by Crippen LogP contribution is -2.35. The van der Waals surface area contributed by atoms with E-state index in [1.807, 2.05) is 11.8 Å². The SMILES string of the molecule is Cc1ccc(C(=O)N2CCc3sccc3C2)cc1O. The number of phenolic OH excluding ortho intramolecular Hbond substituents is 1. The molecule has 1 aromatic carbocycles. The van der Waals surface area contributed by atoms with Gasteiger partial charge in [0, 0.05) is 23.5 Å². The summed E-state index contributed by atoms with van der Waals surface area (Å²) in [5, 5.41) is 11.8. The maximum Gasteiger partial charge on any atom is 0.254 e. The van der Waals surface area contributed by atoms with Gasteiger partial charge in [0.2, 0.25) is 0 Å². The summed E-state index contributed by atoms with van der Waals surface area (Å²) in [5.74, 6) is 0.172. The van der Waals surface area contributed by atoms with Crippen LogP contribution in [-0.4, -0.2) is 22.5 Å². The number of carbonyl (C=O) groups excluding carboxylic acids is 1. The molecule has 0 saturated carbocycles. The van der Waals surface area contributed by atoms with Crippen molar-refractivity contribution < 1.29 is 9.90 Å². The molecule has 4 heteroatoms. The van der Waals surface area contributed by atoms with Crippen LogP contribution in [0.2, 0.25) is 0 Å². The monoisotopic (exact) mass is 273 g/mol. The highest BCUT2D eigenvalue weighted by Crippen LogP contribution is 2.26. The van der Waals surface area contributed by atoms with Gasteiger partial charge in [-0.05, 0) is 48.1 Å². The molecule has 98 valence electrons. The fraction of sp³-hybridized carbons (Fsp3) is 0.267. The van der Waals surface area contributed by atoms with Crippen molar-refractivity contribution in [2.45, 2.75) is 19.9 Å². The van der Waals surface area contributed by atoms with Gasteiger partial charge in [-0.15, -0.1) is 11.3 Å². The van der Waals surface area contributed by atoms with Gasteiger partial charge >= 0.3 is 0 Å². The summed E-state index contributed by atoms with van der Waals surface area (Å²) in [5.41, 5.74) is 2.60. The normalized spacial score (nSPS) is 14.3. The number of hydrogen-bond donors (Lipinski definition) is 1. The first-order valence-corrected chi connectivity index (χ1v) is 7.17. The van der Waals surface area contributed by atoms with E-state index in [1.54, 1.807) is 29.5 Å². The van der Waals surface area contributed by atoms with E-state index in [1.165, 1.54) is 10.4 Å². The number of phenols is 1. The van der Waals surface area contributed by atoms with Gasteiger partial charge in [-0.2, -0.15) is 0 Å². The number of aromatic hydroxyl groups is 1. The summed E-state index contributed by atoms with van der Waals surface area (Å²) in [4.78, 5) is 15.6. The second-order valence-corrected chi connectivity index (χ2v) is 5.85. The molecule has 2 heterocycles. The molecule has 0 unspecified atom stereocenters. The van der Waals surface area contributed by atoms with Crippen LogP contribution in [0.25, 0.3) is 0 Å². The number of carbonyl (C=O) groups is 1. The highest BCUT2D eigenvalue weighted by molar-refractivity contribution is 7.10. The maximum absolute atomic E-state index is 12.4. The number of thiophene rings is 1. The number of amides is 1. The summed E-state index contributed by atoms with van der Waals surface area (Å²) in [7, 11) is 0. The molecule has 1 aliphatic rings. The van der Waals surface area contributed by atoms with E-state index in [0.717, 1.165) is 18.5 Å². The Balaban J connectivity index is 1.83. The number of aryl methyl sites for hydroxylation is 1. The van der Waals surface area contributed by atoms with Gasteiger partial charge < -0.3 is 10.0 Å². The van der Waals surface area contributed by atoms with Crippen molar-refractivity contribution in [2.24, 2.45) is 0 Å². The number of fused-ring (bicyclic) bond motifs is 1. The van der Waals surface area contributed by atoms with Gasteiger partial charge in [0.05, 0.1) is 0 Å². The Bertz CT molecular complexity index is 633. The standard InChI is InChI=1S/C15H15NO2S/c1-10-2-3-11(8-13(10)17)15(18)16-6-4-14-12(9-16)5-7-19-14/h2-3,5,7-8,17H,4,6,9H2,1H3. The van der Waals surface area contributed by atoms with E-state index in [-0.39, 0.29) is 11.7 Å². The maximum atomic E-state index is 12.4. The molecular formula is C15H15NO2S. The van der Waals surface area contributed by atoms with E-state index in [0.29, 0.717) is 12.1 Å². The lowest BCUT2D eigenvalue weighted by atomic mass is 10.1. The van der Waals surface area contributed by atoms with Gasteiger partial charge in [-0.1, -0.05) is 6.07 Å². The average molecular weight is 273 g/mol. The van der Waals surface area contributed by atoms with Gasteiger partial charge in [-0.25, -0.2) is 0 Å². The van der Waals surface area contributed by atoms with Gasteiger partial charge in [-0.3, -0.25) is 4.79 Å². The van der Waals surface area contributed by atoms with Crippen LogP contribution in [0.4, 0.5) is 0 Å². The molecule has 3 nitrogen and oxygen atoms in total. The smallest absolute Gasteiger partial charge is 0.254 e. The van der Waals surface area contributed by atoms with Gasteiger partial charge in [0.25, 0.3) is 5.91 Å². The first-order valence-electron chi connectivity index (χ1n) is 6.29. The van der Waals surface area contributed by atoms with Crippen LogP contribution in [0.3, 0.4) is 0 Å². The molecule has 0 bridgehead atoms. The zero-order valence-corrected chi connectivity index (χ0v) is 11.5. The van der Waals surface area contributed by atoms with Gasteiger partial charge in [0.1, 0.15) is 5.75 Å². The van der Waals surface area contributed by atoms with Crippen LogP contribution in [0, 0.1) is 6.92 Å². The molecule has 1 amide bonds. The minimum atomic E-state index is -0.00727. The molecule has 3 rings (SSSR count). The van der Waals surface area contributed by atoms with Crippen LogP contribution < -0.4 is 0 Å². The summed E-state index contributed by atoms with van der Waals surface area (Å²) >= 11 is 1.76. The third kappa shape index (κ3) is 2.24. The van der Waals surface area contributed by atoms with Crippen LogP contribution in [0.1, 0.15) is 26.4 Å². The summed E-state index contributed by atoms with van der Waals surface area (Å²) in [6, 6.07) is 7.20. The van der Waals surface area contributed by atoms with Crippen LogP contribution >= 0.6 is 11.3 Å². The number of benzene rings is 1. The molecule has 1 aromatic heterocycles. The molecule has 0 radical (unpaired) electrons. The minimum Gasteiger partial charge on any atom is -0.508 e. The van der Waals surface area contributed by atoms with E-state index >= 15 is 0 Å². The van der Waals surface area contributed by atoms with Crippen LogP contribution in [-0.2, 0) is 13.0 Å². The Kier molecular flexibility index (Phi) is 3.03. The third-order valence-electron chi connectivity index (χ3n) is 3.55. The van der Waals surface area contributed by atoms with Crippen LogP contribution in [0.5, 0.6) is 5.75 Å². The molecule has 1 aliphatic heterocycles. The summed E-state index contributed by atoms with van der Waals surface area (Å²) < 4.78 is 0. The minimum absolute atomic E-state index is 0.00727. The molecule has 0 aliphatic carbocycles. The Morgan fingerprint density at radius 3 is 3.00 bits per heavy atom. The lowest BCUT2D eigenvalue weighted by molar-refractivity contribution is 0.0735. The number of hydrogen-bond acceptors (Lipinski definition) is 3. The zero-order chi connectivity index (χ0) is 13.4. The second kappa shape index (κ2) is 4.70. The third-order valence-corrected chi connectivity index (χ3v) is 4.57. The zero-order valence-electron chi connectivity index (χ0n) is 10.7. The molecule has 1 N–H and O–H groups in total. The fourth-order valence-corrected chi connectivity index (χ4v) is 3.24. The highest BCUT2D eigenvalue weighted by Gasteiger charge is 2.22. The average Bonchev–Trinajstić information content (AvgIpc) is 2.88. The number of nitrogens with zero attached hydrogens (tertiary/aromatic N) is 1. The van der Waals surface area contributed by atoms with Crippen molar-refractivity contribution in [1.82, 2.24) is 4.90 Å². The van der Waals surface area contributed by atoms with E-state index in [2.05, 4.69) is 11.4 Å². The molecule has 0 saturated heterocycles. The molecular weight excluding hydrogens is 258 g/mol. The Hall–Kier alpha value is -1.81. The first kappa shape index (κ1) is 12.2. The quantitative estimate of drug-likeness (QED) is 0.867. The fourth-order valence-electron chi connectivity index (χ4n) is 2.35. The molecule has 0 spiro atoms. The van der Waals surface area contributed by atoms with Crippen molar-refractivity contribution >= 4 is 17.2 Å². The van der Waals surface area contributed by atoms with E-state index < -0.39 is 0 Å². The highest BCUT2D eigenvalue weighted by atomic mass is 32.1. The predicted octanol–water partition coefficient (Wildman–Crippen LogP) is 2.96. The van der Waals surface area contributed by atoms with E-state index in [4.69, 9.17) is 0 Å². The summed E-state index contributed by atoms with van der Waals surface area (Å²) in [6.07, 6.45) is 0.927. The topological polar surface area (TPSA) is 40.5 Å². The van der Waals surface area contributed by atoms with Crippen LogP contribution in [0.15, 0.2) is 29.6 Å². The Morgan fingerprint density at radius 1 is 1.37 bits per heavy atom. The molecule has 2 aromatic rings. The van der Waals surface area contributed by atoms with Crippen molar-refractivity contribution in [1.29, 1.82) is 0 Å². The Labute approximate surface area is 116 Å². The lowest BCUT2D eigenvalue weighted by Gasteiger charge is -2.27. The van der Waals surface area contributed by atoms with E-state index in [9.17, 15) is 9.90 Å². The summed E-state index contributed by atoms with van der Waals surface area (Å²) in [6.45, 7) is 3.25. The van der Waals surface area contributed by atoms with Crippen molar-refractivity contribution in [3.8, 4) is 5.75 Å². The largest absolute Gasteiger partial charge is 0.508 e. The van der Waals surface area contributed by atoms with Gasteiger partial charge in [0.15, 0.2) is 0 Å². The Morgan fingerprint density at radius 2 is 2.21 bits per heavy atom. The molecule has 0 fully saturated rings.